The van der Waals surface area contributed by atoms with Crippen LogP contribution in [0.3, 0.4) is 0 Å². The van der Waals surface area contributed by atoms with Crippen molar-refractivity contribution < 1.29 is 69.2 Å². The fourth-order valence-electron chi connectivity index (χ4n) is 3.50. The second-order valence-electron chi connectivity index (χ2n) is 8.85. The highest BCUT2D eigenvalue weighted by Gasteiger charge is 2.39. The lowest BCUT2D eigenvalue weighted by molar-refractivity contribution is -0.193. The van der Waals surface area contributed by atoms with Gasteiger partial charge >= 0.3 is 36.4 Å². The van der Waals surface area contributed by atoms with E-state index in [1.807, 2.05) is 30.3 Å². The van der Waals surface area contributed by atoms with E-state index in [2.05, 4.69) is 52.3 Å². The first kappa shape index (κ1) is 39.1. The molecular formula is C23H28F9N5O6. The molecule has 1 saturated heterocycles. The van der Waals surface area contributed by atoms with Gasteiger partial charge in [0.1, 0.15) is 0 Å². The molecule has 43 heavy (non-hydrogen) atoms. The minimum absolute atomic E-state index is 0.535. The van der Waals surface area contributed by atoms with E-state index < -0.39 is 36.4 Å². The van der Waals surface area contributed by atoms with E-state index in [9.17, 15) is 39.5 Å². The molecule has 1 aliphatic rings. The first-order chi connectivity index (χ1) is 19.5. The summed E-state index contributed by atoms with van der Waals surface area (Å²) in [6, 6.07) is 5.36. The predicted octanol–water partition coefficient (Wildman–Crippen LogP) is 3.46. The lowest BCUT2D eigenvalue weighted by Crippen LogP contribution is -2.43. The molecule has 0 aromatic carbocycles. The Labute approximate surface area is 238 Å². The van der Waals surface area contributed by atoms with E-state index in [-0.39, 0.29) is 0 Å². The summed E-state index contributed by atoms with van der Waals surface area (Å²) in [7, 11) is 6.37. The number of hydrogen-bond donors (Lipinski definition) is 3. The monoisotopic (exact) mass is 641 g/mol. The number of carboxylic acids is 3. The Morgan fingerprint density at radius 2 is 1.28 bits per heavy atom. The Morgan fingerprint density at radius 1 is 0.860 bits per heavy atom. The molecule has 0 unspecified atom stereocenters. The Hall–Kier alpha value is -3.94. The molecule has 1 fully saturated rings. The van der Waals surface area contributed by atoms with Crippen molar-refractivity contribution in [2.24, 2.45) is 7.05 Å². The van der Waals surface area contributed by atoms with Gasteiger partial charge in [-0.3, -0.25) is 14.6 Å². The zero-order valence-corrected chi connectivity index (χ0v) is 22.7. The van der Waals surface area contributed by atoms with E-state index in [0.29, 0.717) is 12.1 Å². The van der Waals surface area contributed by atoms with Crippen LogP contribution in [-0.4, -0.2) is 109 Å². The van der Waals surface area contributed by atoms with E-state index in [1.165, 1.54) is 17.5 Å². The number of alkyl halides is 9. The molecular weight excluding hydrogens is 613 g/mol. The third-order valence-corrected chi connectivity index (χ3v) is 5.35. The molecule has 3 rings (SSSR count). The Bertz CT molecular complexity index is 1100. The van der Waals surface area contributed by atoms with Gasteiger partial charge in [0.25, 0.3) is 0 Å². The third-order valence-electron chi connectivity index (χ3n) is 5.35. The fraction of sp³-hybridized carbons (Fsp3) is 0.522. The van der Waals surface area contributed by atoms with E-state index in [0.717, 1.165) is 19.5 Å². The normalized spacial score (nSPS) is 17.0. The highest BCUT2D eigenvalue weighted by Crippen LogP contribution is 2.26. The van der Waals surface area contributed by atoms with Crippen LogP contribution >= 0.6 is 0 Å². The molecule has 1 aliphatic heterocycles. The van der Waals surface area contributed by atoms with Crippen LogP contribution in [0.1, 0.15) is 17.5 Å². The van der Waals surface area contributed by atoms with Gasteiger partial charge in [-0.1, -0.05) is 0 Å². The molecule has 0 saturated carbocycles. The molecule has 3 N–H and O–H groups in total. The zero-order chi connectivity index (χ0) is 33.8. The minimum Gasteiger partial charge on any atom is -0.475 e. The largest absolute Gasteiger partial charge is 0.490 e. The molecule has 2 aromatic rings. The van der Waals surface area contributed by atoms with Crippen LogP contribution in [0.4, 0.5) is 39.5 Å². The van der Waals surface area contributed by atoms with Crippen LogP contribution < -0.4 is 0 Å². The van der Waals surface area contributed by atoms with Crippen molar-refractivity contribution in [3.05, 3.63) is 48.0 Å². The highest BCUT2D eigenvalue weighted by atomic mass is 19.4. The summed E-state index contributed by atoms with van der Waals surface area (Å²) in [5, 5.41) is 25.7. The van der Waals surface area contributed by atoms with Gasteiger partial charge in [0.05, 0.1) is 6.20 Å². The molecule has 20 heteroatoms. The number of carboxylic acid groups (broad SMARTS) is 3. The molecule has 0 bridgehead atoms. The molecule has 2 aromatic heterocycles. The van der Waals surface area contributed by atoms with Crippen molar-refractivity contribution in [1.29, 1.82) is 0 Å². The second kappa shape index (κ2) is 16.6. The number of hydrogen-bond acceptors (Lipinski definition) is 7. The van der Waals surface area contributed by atoms with Crippen LogP contribution in [-0.2, 0) is 34.4 Å². The SMILES string of the molecule is CN(C)[C@@H]1CCN(Cc2ccncc2)[C@H]1Cc1cnn(C)c1.O=C(O)C(F)(F)F.O=C(O)C(F)(F)F.O=C(O)C(F)(F)F. The Kier molecular flexibility index (Phi) is 15.1. The van der Waals surface area contributed by atoms with Crippen LogP contribution in [0.2, 0.25) is 0 Å². The molecule has 11 nitrogen and oxygen atoms in total. The molecule has 0 spiro atoms. The Balaban J connectivity index is 0.000000690. The molecule has 244 valence electrons. The number of aromatic nitrogens is 3. The second-order valence-corrected chi connectivity index (χ2v) is 8.85. The Morgan fingerprint density at radius 3 is 1.60 bits per heavy atom. The number of rotatable bonds is 5. The summed E-state index contributed by atoms with van der Waals surface area (Å²) in [4.78, 5) is 35.8. The van der Waals surface area contributed by atoms with Gasteiger partial charge in [0, 0.05) is 50.8 Å². The predicted molar refractivity (Wildman–Crippen MR) is 129 cm³/mol. The summed E-state index contributed by atoms with van der Waals surface area (Å²) in [6.45, 7) is 2.15. The number of likely N-dealkylation sites (tertiary alicyclic amines) is 1. The highest BCUT2D eigenvalue weighted by molar-refractivity contribution is 5.73. The topological polar surface area (TPSA) is 149 Å². The van der Waals surface area contributed by atoms with Gasteiger partial charge in [-0.2, -0.15) is 44.6 Å². The molecule has 2 atom stereocenters. The zero-order valence-electron chi connectivity index (χ0n) is 22.7. The maximum Gasteiger partial charge on any atom is 0.490 e. The van der Waals surface area contributed by atoms with E-state index >= 15 is 0 Å². The molecule has 0 radical (unpaired) electrons. The maximum atomic E-state index is 10.6. The van der Waals surface area contributed by atoms with Crippen molar-refractivity contribution >= 4 is 17.9 Å². The summed E-state index contributed by atoms with van der Waals surface area (Å²) in [5.41, 5.74) is 2.66. The van der Waals surface area contributed by atoms with E-state index in [4.69, 9.17) is 29.7 Å². The average molecular weight is 641 g/mol. The minimum atomic E-state index is -5.08. The van der Waals surface area contributed by atoms with Crippen molar-refractivity contribution in [1.82, 2.24) is 24.6 Å². The summed E-state index contributed by atoms with van der Waals surface area (Å²) < 4.78 is 97.1. The number of pyridine rings is 1. The summed E-state index contributed by atoms with van der Waals surface area (Å²) in [5.74, 6) is -8.27. The van der Waals surface area contributed by atoms with Crippen LogP contribution in [0.25, 0.3) is 0 Å². The fourth-order valence-corrected chi connectivity index (χ4v) is 3.50. The number of nitrogens with zero attached hydrogens (tertiary/aromatic N) is 5. The van der Waals surface area contributed by atoms with Crippen molar-refractivity contribution in [3.8, 4) is 0 Å². The lowest BCUT2D eigenvalue weighted by Gasteiger charge is -2.31. The van der Waals surface area contributed by atoms with Gasteiger partial charge in [0.2, 0.25) is 0 Å². The molecule has 0 aliphatic carbocycles. The van der Waals surface area contributed by atoms with Gasteiger partial charge in [-0.05, 0) is 50.2 Å². The smallest absolute Gasteiger partial charge is 0.475 e. The molecule has 3 heterocycles. The standard InChI is InChI=1S/C17H25N5.3C2HF3O2/c1-20(2)16-6-9-22(13-14-4-7-18-8-5-14)17(16)10-15-11-19-21(3)12-15;3*3-2(4,5)1(6)7/h4-5,7-8,11-12,16-17H,6,9-10,13H2,1-3H3;3*(H,6,7)/t16-,17+;;;/m1.../s1. The van der Waals surface area contributed by atoms with Crippen LogP contribution in [0.15, 0.2) is 36.9 Å². The average Bonchev–Trinajstić information content (AvgIpc) is 3.45. The number of aryl methyl sites for hydroxylation is 1. The maximum absolute atomic E-state index is 10.6. The quantitative estimate of drug-likeness (QED) is 0.415. The van der Waals surface area contributed by atoms with Crippen molar-refractivity contribution in [3.63, 3.8) is 0 Å². The van der Waals surface area contributed by atoms with Gasteiger partial charge in [0.15, 0.2) is 0 Å². The number of halogens is 9. The van der Waals surface area contributed by atoms with E-state index in [1.54, 1.807) is 0 Å². The number of carbonyl (C=O) groups is 3. The third kappa shape index (κ3) is 15.7. The molecule has 0 amide bonds. The van der Waals surface area contributed by atoms with Gasteiger partial charge in [-0.15, -0.1) is 0 Å². The lowest BCUT2D eigenvalue weighted by atomic mass is 10.0. The van der Waals surface area contributed by atoms with Crippen molar-refractivity contribution in [2.75, 3.05) is 20.6 Å². The summed E-state index contributed by atoms with van der Waals surface area (Å²) >= 11 is 0. The summed E-state index contributed by atoms with van der Waals surface area (Å²) in [6.07, 6.45) is -5.08. The van der Waals surface area contributed by atoms with Crippen LogP contribution in [0, 0.1) is 0 Å². The van der Waals surface area contributed by atoms with Gasteiger partial charge < -0.3 is 20.2 Å². The first-order valence-corrected chi connectivity index (χ1v) is 11.6. The van der Waals surface area contributed by atoms with Gasteiger partial charge in [-0.25, -0.2) is 14.4 Å². The first-order valence-electron chi connectivity index (χ1n) is 11.6. The van der Waals surface area contributed by atoms with Crippen LogP contribution in [0.5, 0.6) is 0 Å². The van der Waals surface area contributed by atoms with Crippen molar-refractivity contribution in [2.45, 2.75) is 50.0 Å². The number of likely N-dealkylation sites (N-methyl/N-ethyl adjacent to an activating group) is 1. The number of aliphatic carboxylic acids is 3.